The van der Waals surface area contributed by atoms with Gasteiger partial charge in [-0.1, -0.05) is 18.2 Å². The van der Waals surface area contributed by atoms with Crippen LogP contribution in [-0.2, 0) is 4.79 Å². The highest BCUT2D eigenvalue weighted by atomic mass is 16.2. The molecule has 2 fully saturated rings. The van der Waals surface area contributed by atoms with Crippen molar-refractivity contribution >= 4 is 22.6 Å². The minimum absolute atomic E-state index is 0.139. The SMILES string of the molecule is O=C(Nc1ccc2ccccc2n1)C1CC12CCNCC2. The number of carbonyl (C=O) groups excluding carboxylic acids is 1. The van der Waals surface area contributed by atoms with E-state index in [1.54, 1.807) is 0 Å². The minimum atomic E-state index is 0.139. The summed E-state index contributed by atoms with van der Waals surface area (Å²) in [4.78, 5) is 16.9. The van der Waals surface area contributed by atoms with Crippen molar-refractivity contribution in [2.75, 3.05) is 18.4 Å². The number of piperidine rings is 1. The van der Waals surface area contributed by atoms with Crippen molar-refractivity contribution in [1.29, 1.82) is 0 Å². The molecule has 1 unspecified atom stereocenters. The molecular weight excluding hydrogens is 262 g/mol. The molecule has 2 aliphatic rings. The number of hydrogen-bond acceptors (Lipinski definition) is 3. The zero-order valence-corrected chi connectivity index (χ0v) is 11.9. The van der Waals surface area contributed by atoms with E-state index in [4.69, 9.17) is 0 Å². The number of benzene rings is 1. The Morgan fingerprint density at radius 3 is 2.86 bits per heavy atom. The second kappa shape index (κ2) is 4.81. The highest BCUT2D eigenvalue weighted by Crippen LogP contribution is 2.58. The van der Waals surface area contributed by atoms with Gasteiger partial charge in [0.2, 0.25) is 5.91 Å². The quantitative estimate of drug-likeness (QED) is 0.889. The lowest BCUT2D eigenvalue weighted by molar-refractivity contribution is -0.118. The zero-order valence-electron chi connectivity index (χ0n) is 11.9. The maximum Gasteiger partial charge on any atom is 0.229 e. The number of hydrogen-bond donors (Lipinski definition) is 2. The van der Waals surface area contributed by atoms with Crippen LogP contribution in [0.5, 0.6) is 0 Å². The molecule has 4 nitrogen and oxygen atoms in total. The molecule has 0 radical (unpaired) electrons. The molecule has 2 aromatic rings. The van der Waals surface area contributed by atoms with Crippen molar-refractivity contribution in [1.82, 2.24) is 10.3 Å². The van der Waals surface area contributed by atoms with Gasteiger partial charge in [0.15, 0.2) is 0 Å². The zero-order chi connectivity index (χ0) is 14.3. The molecule has 2 N–H and O–H groups in total. The molecule has 2 heterocycles. The van der Waals surface area contributed by atoms with E-state index >= 15 is 0 Å². The topological polar surface area (TPSA) is 54.0 Å². The molecule has 1 spiro atoms. The van der Waals surface area contributed by atoms with Gasteiger partial charge < -0.3 is 10.6 Å². The van der Waals surface area contributed by atoms with Crippen molar-refractivity contribution in [3.63, 3.8) is 0 Å². The number of rotatable bonds is 2. The predicted molar refractivity (Wildman–Crippen MR) is 83.0 cm³/mol. The molecule has 1 aromatic heterocycles. The van der Waals surface area contributed by atoms with Gasteiger partial charge in [0.05, 0.1) is 5.52 Å². The molecule has 4 rings (SSSR count). The number of nitrogens with one attached hydrogen (secondary N) is 2. The van der Waals surface area contributed by atoms with Gasteiger partial charge in [0.25, 0.3) is 0 Å². The summed E-state index contributed by atoms with van der Waals surface area (Å²) >= 11 is 0. The van der Waals surface area contributed by atoms with E-state index in [2.05, 4.69) is 15.6 Å². The van der Waals surface area contributed by atoms with E-state index in [-0.39, 0.29) is 17.2 Å². The summed E-state index contributed by atoms with van der Waals surface area (Å²) in [6.07, 6.45) is 3.28. The van der Waals surface area contributed by atoms with Crippen molar-refractivity contribution in [2.45, 2.75) is 19.3 Å². The fraction of sp³-hybridized carbons (Fsp3) is 0.412. The van der Waals surface area contributed by atoms with Crippen LogP contribution < -0.4 is 10.6 Å². The average Bonchev–Trinajstić information content (AvgIpc) is 3.21. The van der Waals surface area contributed by atoms with E-state index in [1.807, 2.05) is 36.4 Å². The first-order valence-electron chi connectivity index (χ1n) is 7.64. The summed E-state index contributed by atoms with van der Waals surface area (Å²) in [7, 11) is 0. The van der Waals surface area contributed by atoms with Gasteiger partial charge in [-0.2, -0.15) is 0 Å². The second-order valence-corrected chi connectivity index (χ2v) is 6.25. The van der Waals surface area contributed by atoms with E-state index in [0.29, 0.717) is 5.82 Å². The summed E-state index contributed by atoms with van der Waals surface area (Å²) in [5, 5.41) is 7.46. The Bertz CT molecular complexity index is 691. The molecule has 1 aliphatic heterocycles. The third kappa shape index (κ3) is 2.29. The van der Waals surface area contributed by atoms with Gasteiger partial charge in [-0.3, -0.25) is 4.79 Å². The van der Waals surface area contributed by atoms with Crippen LogP contribution in [0.4, 0.5) is 5.82 Å². The number of fused-ring (bicyclic) bond motifs is 1. The summed E-state index contributed by atoms with van der Waals surface area (Å²) in [5.41, 5.74) is 1.19. The van der Waals surface area contributed by atoms with Gasteiger partial charge >= 0.3 is 0 Å². The smallest absolute Gasteiger partial charge is 0.229 e. The lowest BCUT2D eigenvalue weighted by atomic mass is 9.92. The van der Waals surface area contributed by atoms with Gasteiger partial charge in [0, 0.05) is 11.3 Å². The van der Waals surface area contributed by atoms with Gasteiger partial charge in [-0.25, -0.2) is 4.98 Å². The van der Waals surface area contributed by atoms with Crippen LogP contribution in [0.2, 0.25) is 0 Å². The first-order chi connectivity index (χ1) is 10.3. The summed E-state index contributed by atoms with van der Waals surface area (Å²) in [5.74, 6) is 0.974. The summed E-state index contributed by atoms with van der Waals surface area (Å²) in [6, 6.07) is 11.8. The van der Waals surface area contributed by atoms with Crippen molar-refractivity contribution in [3.05, 3.63) is 36.4 Å². The second-order valence-electron chi connectivity index (χ2n) is 6.25. The summed E-state index contributed by atoms with van der Waals surface area (Å²) < 4.78 is 0. The molecule has 1 saturated heterocycles. The Balaban J connectivity index is 1.49. The largest absolute Gasteiger partial charge is 0.317 e. The molecule has 1 atom stereocenters. The molecular formula is C17H19N3O. The maximum absolute atomic E-state index is 12.4. The van der Waals surface area contributed by atoms with E-state index in [0.717, 1.165) is 43.3 Å². The summed E-state index contributed by atoms with van der Waals surface area (Å²) in [6.45, 7) is 2.08. The number of pyridine rings is 1. The Labute approximate surface area is 124 Å². The lowest BCUT2D eigenvalue weighted by Crippen LogP contribution is -2.31. The van der Waals surface area contributed by atoms with Crippen molar-refractivity contribution < 1.29 is 4.79 Å². The van der Waals surface area contributed by atoms with Gasteiger partial charge in [-0.05, 0) is 56.0 Å². The van der Waals surface area contributed by atoms with Crippen LogP contribution in [0.15, 0.2) is 36.4 Å². The van der Waals surface area contributed by atoms with E-state index in [1.165, 1.54) is 0 Å². The molecule has 1 amide bonds. The fourth-order valence-electron chi connectivity index (χ4n) is 3.54. The Morgan fingerprint density at radius 1 is 1.19 bits per heavy atom. The predicted octanol–water partition coefficient (Wildman–Crippen LogP) is 2.56. The molecule has 108 valence electrons. The Kier molecular flexibility index (Phi) is 2.93. The third-order valence-corrected chi connectivity index (χ3v) is 4.96. The normalized spacial score (nSPS) is 23.1. The lowest BCUT2D eigenvalue weighted by Gasteiger charge is -2.23. The highest BCUT2D eigenvalue weighted by Gasteiger charge is 2.57. The van der Waals surface area contributed by atoms with Crippen LogP contribution in [0.3, 0.4) is 0 Å². The Morgan fingerprint density at radius 2 is 2.00 bits per heavy atom. The minimum Gasteiger partial charge on any atom is -0.317 e. The fourth-order valence-corrected chi connectivity index (χ4v) is 3.54. The first-order valence-corrected chi connectivity index (χ1v) is 7.64. The average molecular weight is 281 g/mol. The number of para-hydroxylation sites is 1. The molecule has 0 bridgehead atoms. The molecule has 4 heteroatoms. The van der Waals surface area contributed by atoms with E-state index in [9.17, 15) is 4.79 Å². The van der Waals surface area contributed by atoms with Crippen LogP contribution in [-0.4, -0.2) is 24.0 Å². The highest BCUT2D eigenvalue weighted by molar-refractivity contribution is 5.95. The van der Waals surface area contributed by atoms with Gasteiger partial charge in [0.1, 0.15) is 5.82 Å². The van der Waals surface area contributed by atoms with Crippen LogP contribution in [0.1, 0.15) is 19.3 Å². The van der Waals surface area contributed by atoms with Crippen molar-refractivity contribution in [2.24, 2.45) is 11.3 Å². The van der Waals surface area contributed by atoms with Crippen molar-refractivity contribution in [3.8, 4) is 0 Å². The van der Waals surface area contributed by atoms with Crippen LogP contribution in [0.25, 0.3) is 10.9 Å². The number of nitrogens with zero attached hydrogens (tertiary/aromatic N) is 1. The molecule has 21 heavy (non-hydrogen) atoms. The Hall–Kier alpha value is -1.94. The van der Waals surface area contributed by atoms with Crippen LogP contribution >= 0.6 is 0 Å². The van der Waals surface area contributed by atoms with E-state index < -0.39 is 0 Å². The monoisotopic (exact) mass is 281 g/mol. The number of aromatic nitrogens is 1. The molecule has 1 saturated carbocycles. The third-order valence-electron chi connectivity index (χ3n) is 4.96. The van der Waals surface area contributed by atoms with Gasteiger partial charge in [-0.15, -0.1) is 0 Å². The molecule has 1 aromatic carbocycles. The number of anilines is 1. The number of carbonyl (C=O) groups is 1. The number of amides is 1. The maximum atomic E-state index is 12.4. The standard InChI is InChI=1S/C17H19N3O/c21-16(13-11-17(13)7-9-18-10-8-17)20-15-6-5-12-3-1-2-4-14(12)19-15/h1-6,13,18H,7-11H2,(H,19,20,21). The molecule has 1 aliphatic carbocycles. The first kappa shape index (κ1) is 12.8. The van der Waals surface area contributed by atoms with Crippen LogP contribution in [0, 0.1) is 11.3 Å².